The third-order valence-corrected chi connectivity index (χ3v) is 5.85. The van der Waals surface area contributed by atoms with E-state index < -0.39 is 23.8 Å². The van der Waals surface area contributed by atoms with Crippen molar-refractivity contribution >= 4 is 45.5 Å². The Morgan fingerprint density at radius 1 is 1.27 bits per heavy atom. The van der Waals surface area contributed by atoms with E-state index in [2.05, 4.69) is 10.4 Å². The maximum atomic E-state index is 12.9. The lowest BCUT2D eigenvalue weighted by molar-refractivity contribution is -0.119. The van der Waals surface area contributed by atoms with E-state index >= 15 is 0 Å². The van der Waals surface area contributed by atoms with Crippen LogP contribution in [0.3, 0.4) is 0 Å². The van der Waals surface area contributed by atoms with Gasteiger partial charge in [0.1, 0.15) is 16.8 Å². The summed E-state index contributed by atoms with van der Waals surface area (Å²) < 4.78 is 5.17. The molecule has 1 aromatic heterocycles. The van der Waals surface area contributed by atoms with Crippen molar-refractivity contribution in [2.24, 2.45) is 10.8 Å². The number of hydrazone groups is 1. The Hall–Kier alpha value is -3.20. The van der Waals surface area contributed by atoms with Gasteiger partial charge in [-0.15, -0.1) is 11.3 Å². The number of carbonyl (C=O) groups is 3. The van der Waals surface area contributed by atoms with Crippen molar-refractivity contribution in [1.82, 2.24) is 0 Å². The smallest absolute Gasteiger partial charge is 0.341 e. The van der Waals surface area contributed by atoms with E-state index in [4.69, 9.17) is 10.5 Å². The lowest BCUT2D eigenvalue weighted by Crippen LogP contribution is -2.39. The van der Waals surface area contributed by atoms with E-state index in [1.807, 2.05) is 32.0 Å². The molecule has 3 rings (SSSR count). The summed E-state index contributed by atoms with van der Waals surface area (Å²) in [4.78, 5) is 38.3. The molecule has 1 aliphatic heterocycles. The highest BCUT2D eigenvalue weighted by Crippen LogP contribution is 2.34. The van der Waals surface area contributed by atoms with Gasteiger partial charge in [0.05, 0.1) is 17.9 Å². The molecule has 9 heteroatoms. The molecule has 0 aliphatic carbocycles. The van der Waals surface area contributed by atoms with Gasteiger partial charge in [-0.25, -0.2) is 4.79 Å². The van der Waals surface area contributed by atoms with Gasteiger partial charge in [-0.05, 0) is 38.0 Å². The molecule has 2 aromatic rings. The van der Waals surface area contributed by atoms with Gasteiger partial charge in [-0.2, -0.15) is 5.10 Å². The second-order valence-electron chi connectivity index (χ2n) is 6.72. The first-order valence-electron chi connectivity index (χ1n) is 9.69. The van der Waals surface area contributed by atoms with E-state index in [0.717, 1.165) is 10.4 Å². The molecule has 1 atom stereocenters. The summed E-state index contributed by atoms with van der Waals surface area (Å²) in [5, 5.41) is 9.01. The maximum absolute atomic E-state index is 12.9. The van der Waals surface area contributed by atoms with Crippen molar-refractivity contribution < 1.29 is 19.1 Å². The van der Waals surface area contributed by atoms with Crippen LogP contribution in [0.1, 0.15) is 41.1 Å². The van der Waals surface area contributed by atoms with Crippen molar-refractivity contribution in [3.8, 4) is 0 Å². The molecule has 1 aromatic carbocycles. The minimum absolute atomic E-state index is 0.0792. The number of esters is 1. The van der Waals surface area contributed by atoms with Gasteiger partial charge in [0.25, 0.3) is 5.91 Å². The van der Waals surface area contributed by atoms with Crippen LogP contribution in [0.25, 0.3) is 0 Å². The number of carbonyl (C=O) groups excluding carboxylic acids is 3. The molecule has 0 spiro atoms. The predicted molar refractivity (Wildman–Crippen MR) is 117 cm³/mol. The number of nitrogens with one attached hydrogen (secondary N) is 1. The third-order valence-electron chi connectivity index (χ3n) is 4.79. The molecule has 2 amide bonds. The minimum atomic E-state index is -0.756. The van der Waals surface area contributed by atoms with Crippen LogP contribution in [0.2, 0.25) is 0 Å². The van der Waals surface area contributed by atoms with Gasteiger partial charge < -0.3 is 15.8 Å². The Kier molecular flexibility index (Phi) is 6.51. The average molecular weight is 429 g/mol. The van der Waals surface area contributed by atoms with Crippen LogP contribution in [0.4, 0.5) is 10.7 Å². The highest BCUT2D eigenvalue weighted by atomic mass is 32.1. The number of anilines is 2. The summed E-state index contributed by atoms with van der Waals surface area (Å²) in [5.74, 6) is -1.52. The summed E-state index contributed by atoms with van der Waals surface area (Å²) in [6.45, 7) is 5.81. The van der Waals surface area contributed by atoms with Crippen LogP contribution in [0.5, 0.6) is 0 Å². The predicted octanol–water partition coefficient (Wildman–Crippen LogP) is 2.85. The Morgan fingerprint density at radius 2 is 1.97 bits per heavy atom. The summed E-state index contributed by atoms with van der Waals surface area (Å²) in [6.07, 6.45) is 0.717. The molecule has 2 heterocycles. The molecule has 0 saturated heterocycles. The summed E-state index contributed by atoms with van der Waals surface area (Å²) >= 11 is 1.32. The number of nitrogens with zero attached hydrogens (tertiary/aromatic N) is 2. The van der Waals surface area contributed by atoms with Gasteiger partial charge in [-0.3, -0.25) is 14.6 Å². The van der Waals surface area contributed by atoms with Crippen molar-refractivity contribution in [1.29, 1.82) is 0 Å². The molecular weight excluding hydrogens is 404 g/mol. The number of hydrogen-bond donors (Lipinski definition) is 2. The molecular formula is C21H24N4O4S. The van der Waals surface area contributed by atoms with Crippen LogP contribution < -0.4 is 16.1 Å². The number of rotatable bonds is 7. The lowest BCUT2D eigenvalue weighted by Gasteiger charge is -2.20. The van der Waals surface area contributed by atoms with Gasteiger partial charge in [0.15, 0.2) is 0 Å². The van der Waals surface area contributed by atoms with E-state index in [-0.39, 0.29) is 18.7 Å². The van der Waals surface area contributed by atoms with Crippen molar-refractivity contribution in [2.75, 3.05) is 16.9 Å². The second kappa shape index (κ2) is 9.08. The number of primary amides is 1. The first-order valence-corrected chi connectivity index (χ1v) is 10.5. The summed E-state index contributed by atoms with van der Waals surface area (Å²) in [5.41, 5.74) is 7.59. The zero-order valence-electron chi connectivity index (χ0n) is 17.1. The summed E-state index contributed by atoms with van der Waals surface area (Å²) in [7, 11) is 0. The number of hydrogen-bond acceptors (Lipinski definition) is 7. The van der Waals surface area contributed by atoms with Crippen LogP contribution in [-0.4, -0.2) is 36.1 Å². The van der Waals surface area contributed by atoms with Crippen molar-refractivity contribution in [3.63, 3.8) is 0 Å². The molecule has 0 radical (unpaired) electrons. The number of para-hydroxylation sites is 1. The molecule has 30 heavy (non-hydrogen) atoms. The zero-order chi connectivity index (χ0) is 21.8. The first-order chi connectivity index (χ1) is 14.4. The molecule has 1 unspecified atom stereocenters. The van der Waals surface area contributed by atoms with Crippen LogP contribution in [0, 0.1) is 6.92 Å². The molecule has 1 aliphatic rings. The number of nitrogens with two attached hydrogens (primary N) is 1. The van der Waals surface area contributed by atoms with Crippen LogP contribution >= 0.6 is 11.3 Å². The van der Waals surface area contributed by atoms with Gasteiger partial charge in [0, 0.05) is 11.3 Å². The molecule has 3 N–H and O–H groups in total. The highest BCUT2D eigenvalue weighted by Gasteiger charge is 2.35. The van der Waals surface area contributed by atoms with Crippen LogP contribution in [0.15, 0.2) is 35.4 Å². The molecule has 158 valence electrons. The van der Waals surface area contributed by atoms with Crippen molar-refractivity contribution in [3.05, 3.63) is 46.3 Å². The Morgan fingerprint density at radius 3 is 2.57 bits per heavy atom. The normalized spacial score (nSPS) is 15.6. The topological polar surface area (TPSA) is 114 Å². The fourth-order valence-electron chi connectivity index (χ4n) is 3.37. The largest absolute Gasteiger partial charge is 0.462 e. The Bertz CT molecular complexity index is 1000. The van der Waals surface area contributed by atoms with E-state index in [9.17, 15) is 14.4 Å². The lowest BCUT2D eigenvalue weighted by atomic mass is 10.1. The monoisotopic (exact) mass is 428 g/mol. The van der Waals surface area contributed by atoms with Gasteiger partial charge in [0.2, 0.25) is 5.91 Å². The van der Waals surface area contributed by atoms with E-state index in [1.54, 1.807) is 19.1 Å². The molecule has 0 bridgehead atoms. The maximum Gasteiger partial charge on any atom is 0.341 e. The first kappa shape index (κ1) is 21.5. The van der Waals surface area contributed by atoms with E-state index in [0.29, 0.717) is 22.7 Å². The number of amides is 2. The number of ether oxygens (including phenoxy) is 1. The van der Waals surface area contributed by atoms with Gasteiger partial charge in [-0.1, -0.05) is 25.1 Å². The summed E-state index contributed by atoms with van der Waals surface area (Å²) in [6, 6.07) is 8.29. The number of thiophene rings is 1. The quantitative estimate of drug-likeness (QED) is 0.658. The van der Waals surface area contributed by atoms with E-state index in [1.165, 1.54) is 16.3 Å². The SMILES string of the molecule is CCOC(=O)c1c(NC(=O)C2=NN(c3ccccc3)C(C(N)=O)C2)sc(C)c1CC. The third kappa shape index (κ3) is 4.20. The fraction of sp³-hybridized carbons (Fsp3) is 0.333. The Balaban J connectivity index is 1.89. The van der Waals surface area contributed by atoms with Crippen LogP contribution in [-0.2, 0) is 20.7 Å². The zero-order valence-corrected chi connectivity index (χ0v) is 17.9. The van der Waals surface area contributed by atoms with Crippen molar-refractivity contribution in [2.45, 2.75) is 39.7 Å². The molecule has 0 fully saturated rings. The number of aryl methyl sites for hydroxylation is 1. The molecule has 8 nitrogen and oxygen atoms in total. The minimum Gasteiger partial charge on any atom is -0.462 e. The average Bonchev–Trinajstić information content (AvgIpc) is 3.30. The fourth-order valence-corrected chi connectivity index (χ4v) is 4.50. The molecule has 0 saturated carbocycles. The van der Waals surface area contributed by atoms with Gasteiger partial charge >= 0.3 is 5.97 Å². The number of benzene rings is 1. The second-order valence-corrected chi connectivity index (χ2v) is 7.94. The highest BCUT2D eigenvalue weighted by molar-refractivity contribution is 7.17. The Labute approximate surface area is 178 Å². The standard InChI is InChI=1S/C21H24N4O4S/c1-4-14-12(3)30-20(17(14)21(28)29-5-2)23-19(27)15-11-16(18(22)26)25(24-15)13-9-7-6-8-10-13/h6-10,16H,4-5,11H2,1-3H3,(H2,22,26)(H,23,27).